The molecule has 7 heteroatoms. The number of hydrogen-bond donors (Lipinski definition) is 0. The molecule has 0 saturated heterocycles. The lowest BCUT2D eigenvalue weighted by Gasteiger charge is -2.10. The van der Waals surface area contributed by atoms with Crippen LogP contribution in [0.3, 0.4) is 0 Å². The van der Waals surface area contributed by atoms with E-state index in [4.69, 9.17) is 0 Å². The number of halogens is 3. The van der Waals surface area contributed by atoms with Crippen molar-refractivity contribution in [3.8, 4) is 0 Å². The topological polar surface area (TPSA) is 47.0 Å². The Morgan fingerprint density at radius 1 is 1.40 bits per heavy atom. The van der Waals surface area contributed by atoms with Gasteiger partial charge in [0.15, 0.2) is 9.84 Å². The van der Waals surface area contributed by atoms with Gasteiger partial charge in [0.1, 0.15) is 0 Å². The summed E-state index contributed by atoms with van der Waals surface area (Å²) in [4.78, 5) is 3.45. The predicted molar refractivity (Wildman–Crippen MR) is 47.2 cm³/mol. The van der Waals surface area contributed by atoms with Crippen LogP contribution in [0.4, 0.5) is 13.2 Å². The summed E-state index contributed by atoms with van der Waals surface area (Å²) >= 11 is 0. The summed E-state index contributed by atoms with van der Waals surface area (Å²) in [7, 11) is -3.75. The van der Waals surface area contributed by atoms with Gasteiger partial charge in [-0.15, -0.1) is 0 Å². The van der Waals surface area contributed by atoms with E-state index in [0.29, 0.717) is 0 Å². The summed E-state index contributed by atoms with van der Waals surface area (Å²) in [5.41, 5.74) is -1.38. The van der Waals surface area contributed by atoms with E-state index in [1.807, 2.05) is 0 Å². The van der Waals surface area contributed by atoms with Gasteiger partial charge in [-0.05, 0) is 11.6 Å². The van der Waals surface area contributed by atoms with Crippen LogP contribution in [0.2, 0.25) is 0 Å². The van der Waals surface area contributed by atoms with Gasteiger partial charge in [-0.25, -0.2) is 8.42 Å². The highest BCUT2D eigenvalue weighted by Crippen LogP contribution is 2.32. The van der Waals surface area contributed by atoms with Crippen LogP contribution in [0.5, 0.6) is 0 Å². The molecule has 0 atom stereocenters. The van der Waals surface area contributed by atoms with Crippen LogP contribution < -0.4 is 0 Å². The molecule has 1 heterocycles. The molecule has 0 fully saturated rings. The first-order chi connectivity index (χ1) is 6.70. The fourth-order valence-corrected chi connectivity index (χ4v) is 1.76. The molecule has 0 aliphatic heterocycles. The summed E-state index contributed by atoms with van der Waals surface area (Å²) < 4.78 is 58.7. The summed E-state index contributed by atoms with van der Waals surface area (Å²) in [6, 6.07) is 0.737. The number of aromatic nitrogens is 1. The molecular weight excluding hydrogens is 231 g/mol. The number of nitrogens with zero attached hydrogens (tertiary/aromatic N) is 1. The maximum absolute atomic E-state index is 12.4. The molecule has 0 aliphatic rings. The lowest BCUT2D eigenvalue weighted by Crippen LogP contribution is -2.11. The molecule has 0 aliphatic carbocycles. The monoisotopic (exact) mass is 238 g/mol. The lowest BCUT2D eigenvalue weighted by atomic mass is 10.1. The van der Waals surface area contributed by atoms with Crippen LogP contribution in [0.25, 0.3) is 0 Å². The van der Waals surface area contributed by atoms with Crippen LogP contribution >= 0.6 is 0 Å². The van der Waals surface area contributed by atoms with E-state index in [9.17, 15) is 21.6 Å². The van der Waals surface area contributed by atoms with Gasteiger partial charge in [-0.3, -0.25) is 4.98 Å². The smallest absolute Gasteiger partial charge is 0.264 e. The molecule has 15 heavy (non-hydrogen) atoms. The van der Waals surface area contributed by atoms with Crippen molar-refractivity contribution in [3.63, 3.8) is 0 Å². The maximum Gasteiger partial charge on any atom is 0.416 e. The van der Waals surface area contributed by atoms with Crippen molar-refractivity contribution in [2.75, 3.05) is 0 Å². The van der Waals surface area contributed by atoms with Crippen molar-refractivity contribution in [2.45, 2.75) is 11.9 Å². The van der Waals surface area contributed by atoms with Crippen LogP contribution in [0.15, 0.2) is 18.5 Å². The van der Waals surface area contributed by atoms with E-state index in [-0.39, 0.29) is 5.56 Å². The highest BCUT2D eigenvalue weighted by molar-refractivity contribution is 7.91. The number of pyridine rings is 1. The number of alkyl halides is 3. The fraction of sp³-hybridized carbons (Fsp3) is 0.250. The standard InChI is InChI=1S/C8H7F3NO2S/c1-15(13,14)5-6-4-12-3-2-7(6)8(9,10)11/h2-4H,1,5H2. The Labute approximate surface area is 84.9 Å². The summed E-state index contributed by atoms with van der Waals surface area (Å²) in [6.07, 6.45) is 0.0264. The van der Waals surface area contributed by atoms with Crippen molar-refractivity contribution in [3.05, 3.63) is 35.8 Å². The number of rotatable bonds is 2. The second kappa shape index (κ2) is 3.80. The number of sulfone groups is 1. The molecule has 0 unspecified atom stereocenters. The second-order valence-corrected chi connectivity index (χ2v) is 4.69. The van der Waals surface area contributed by atoms with Gasteiger partial charge in [0.25, 0.3) is 0 Å². The van der Waals surface area contributed by atoms with Gasteiger partial charge < -0.3 is 0 Å². The molecule has 0 N–H and O–H groups in total. The van der Waals surface area contributed by atoms with Crippen molar-refractivity contribution >= 4 is 9.84 Å². The van der Waals surface area contributed by atoms with E-state index in [1.54, 1.807) is 0 Å². The van der Waals surface area contributed by atoms with Crippen molar-refractivity contribution in [2.24, 2.45) is 0 Å². The SMILES string of the molecule is [CH2]S(=O)(=O)Cc1cnccc1C(F)(F)F. The average Bonchev–Trinajstić information content (AvgIpc) is 1.99. The Balaban J connectivity index is 3.19. The normalized spacial score (nSPS) is 12.8. The van der Waals surface area contributed by atoms with Gasteiger partial charge in [0, 0.05) is 12.4 Å². The quantitative estimate of drug-likeness (QED) is 0.789. The molecule has 0 bridgehead atoms. The lowest BCUT2D eigenvalue weighted by molar-refractivity contribution is -0.138. The third kappa shape index (κ3) is 3.50. The van der Waals surface area contributed by atoms with E-state index >= 15 is 0 Å². The Morgan fingerprint density at radius 2 is 2.00 bits per heavy atom. The molecule has 1 rings (SSSR count). The van der Waals surface area contributed by atoms with Gasteiger partial charge in [0.2, 0.25) is 0 Å². The van der Waals surface area contributed by atoms with Crippen LogP contribution in [-0.2, 0) is 21.8 Å². The minimum Gasteiger partial charge on any atom is -0.264 e. The molecule has 0 amide bonds. The van der Waals surface area contributed by atoms with E-state index in [0.717, 1.165) is 18.5 Å². The third-order valence-electron chi connectivity index (χ3n) is 1.58. The van der Waals surface area contributed by atoms with Gasteiger partial charge >= 0.3 is 6.18 Å². The number of hydrogen-bond acceptors (Lipinski definition) is 3. The molecular formula is C8H7F3NO2S. The Bertz CT molecular complexity index is 453. The Hall–Kier alpha value is -1.11. The second-order valence-electron chi connectivity index (χ2n) is 2.92. The summed E-state index contributed by atoms with van der Waals surface area (Å²) in [5.74, 6) is -0.768. The summed E-state index contributed by atoms with van der Waals surface area (Å²) in [5, 5.41) is 0. The largest absolute Gasteiger partial charge is 0.416 e. The maximum atomic E-state index is 12.4. The fourth-order valence-electron chi connectivity index (χ4n) is 1.06. The first-order valence-electron chi connectivity index (χ1n) is 3.76. The zero-order valence-electron chi connectivity index (χ0n) is 7.45. The van der Waals surface area contributed by atoms with E-state index in [1.165, 1.54) is 0 Å². The first-order valence-corrected chi connectivity index (χ1v) is 5.58. The van der Waals surface area contributed by atoms with Crippen molar-refractivity contribution in [1.29, 1.82) is 0 Å². The predicted octanol–water partition coefficient (Wildman–Crippen LogP) is 1.81. The highest BCUT2D eigenvalue weighted by atomic mass is 32.2. The van der Waals surface area contributed by atoms with Gasteiger partial charge in [0.05, 0.1) is 17.6 Å². The zero-order chi connectivity index (χ0) is 11.7. The van der Waals surface area contributed by atoms with E-state index in [2.05, 4.69) is 11.2 Å². The Kier molecular flexibility index (Phi) is 3.03. The highest BCUT2D eigenvalue weighted by Gasteiger charge is 2.33. The molecule has 1 radical (unpaired) electrons. The summed E-state index contributed by atoms with van der Waals surface area (Å²) in [6.45, 7) is 0. The molecule has 0 saturated carbocycles. The first kappa shape index (κ1) is 12.0. The molecule has 1 aromatic heterocycles. The van der Waals surface area contributed by atoms with Crippen LogP contribution in [-0.4, -0.2) is 13.4 Å². The Morgan fingerprint density at radius 3 is 2.47 bits per heavy atom. The van der Waals surface area contributed by atoms with Crippen LogP contribution in [0.1, 0.15) is 11.1 Å². The zero-order valence-corrected chi connectivity index (χ0v) is 8.27. The van der Waals surface area contributed by atoms with Gasteiger partial charge in [-0.2, -0.15) is 13.2 Å². The van der Waals surface area contributed by atoms with E-state index < -0.39 is 27.3 Å². The molecule has 0 aromatic carbocycles. The minimum atomic E-state index is -4.58. The van der Waals surface area contributed by atoms with Crippen molar-refractivity contribution < 1.29 is 21.6 Å². The van der Waals surface area contributed by atoms with Crippen LogP contribution in [0, 0.1) is 6.26 Å². The third-order valence-corrected chi connectivity index (χ3v) is 2.34. The van der Waals surface area contributed by atoms with Gasteiger partial charge in [-0.1, -0.05) is 0 Å². The molecule has 0 spiro atoms. The van der Waals surface area contributed by atoms with Crippen molar-refractivity contribution in [1.82, 2.24) is 4.98 Å². The minimum absolute atomic E-state index is 0.389. The molecule has 1 aromatic rings. The molecule has 83 valence electrons. The average molecular weight is 238 g/mol. The molecule has 3 nitrogen and oxygen atoms in total.